The summed E-state index contributed by atoms with van der Waals surface area (Å²) < 4.78 is 70.8. The molecule has 0 saturated carbocycles. The molecule has 120 valence electrons. The molecular weight excluding hydrogens is 316 g/mol. The number of hydrogen-bond acceptors (Lipinski definition) is 6. The monoisotopic (exact) mass is 324 g/mol. The van der Waals surface area contributed by atoms with Gasteiger partial charge in [-0.2, -0.15) is 4.39 Å². The van der Waals surface area contributed by atoms with Crippen LogP contribution in [0.15, 0.2) is 0 Å². The van der Waals surface area contributed by atoms with Gasteiger partial charge in [0, 0.05) is 5.56 Å². The second-order valence-electron chi connectivity index (χ2n) is 4.17. The molecule has 1 saturated heterocycles. The zero-order valence-electron chi connectivity index (χ0n) is 11.0. The Balaban J connectivity index is 2.10. The van der Waals surface area contributed by atoms with Crippen LogP contribution in [0.2, 0.25) is 0 Å². The van der Waals surface area contributed by atoms with Crippen molar-refractivity contribution in [2.24, 2.45) is 0 Å². The molecule has 0 radical (unpaired) electrons. The number of cyclic esters (lactones) is 2. The van der Waals surface area contributed by atoms with Crippen LogP contribution in [-0.4, -0.2) is 31.6 Å². The largest absolute Gasteiger partial charge is 0.514 e. The van der Waals surface area contributed by atoms with E-state index < -0.39 is 53.0 Å². The quantitative estimate of drug-likeness (QED) is 0.274. The highest BCUT2D eigenvalue weighted by molar-refractivity contribution is 5.65. The molecule has 1 heterocycles. The van der Waals surface area contributed by atoms with E-state index in [0.29, 0.717) is 0 Å². The molecule has 1 fully saturated rings. The van der Waals surface area contributed by atoms with Crippen molar-refractivity contribution in [3.8, 4) is 5.75 Å². The predicted octanol–water partition coefficient (Wildman–Crippen LogP) is 2.60. The zero-order chi connectivity index (χ0) is 16.4. The maximum atomic E-state index is 13.6. The summed E-state index contributed by atoms with van der Waals surface area (Å²) in [5.41, 5.74) is -0.864. The van der Waals surface area contributed by atoms with Crippen LogP contribution in [0.3, 0.4) is 0 Å². The highest BCUT2D eigenvalue weighted by Crippen LogP contribution is 2.30. The van der Waals surface area contributed by atoms with E-state index in [1.807, 2.05) is 0 Å². The zero-order valence-corrected chi connectivity index (χ0v) is 11.0. The molecule has 6 nitrogen and oxygen atoms in total. The van der Waals surface area contributed by atoms with E-state index in [9.17, 15) is 27.2 Å². The molecule has 0 spiro atoms. The molecule has 2 rings (SSSR count). The summed E-state index contributed by atoms with van der Waals surface area (Å²) >= 11 is 0. The number of benzene rings is 1. The van der Waals surface area contributed by atoms with Crippen LogP contribution in [0.25, 0.3) is 0 Å². The summed E-state index contributed by atoms with van der Waals surface area (Å²) in [6.07, 6.45) is -3.64. The van der Waals surface area contributed by atoms with E-state index in [1.165, 1.54) is 0 Å². The van der Waals surface area contributed by atoms with Gasteiger partial charge in [0.1, 0.15) is 13.2 Å². The van der Waals surface area contributed by atoms with Crippen LogP contribution in [0.1, 0.15) is 5.56 Å². The molecule has 1 aliphatic rings. The topological polar surface area (TPSA) is 71.1 Å². The Morgan fingerprint density at radius 2 is 1.64 bits per heavy atom. The van der Waals surface area contributed by atoms with E-state index in [2.05, 4.69) is 18.9 Å². The molecule has 1 aromatic rings. The van der Waals surface area contributed by atoms with Crippen LogP contribution < -0.4 is 4.74 Å². The third-order valence-electron chi connectivity index (χ3n) is 2.67. The Morgan fingerprint density at radius 1 is 1.05 bits per heavy atom. The SMILES string of the molecule is Cc1c(F)c(F)c(F)c(OC(=O)OC2COC(=O)OC2)c1F. The molecule has 0 aromatic heterocycles. The van der Waals surface area contributed by atoms with Gasteiger partial charge >= 0.3 is 12.3 Å². The van der Waals surface area contributed by atoms with Crippen molar-refractivity contribution in [1.82, 2.24) is 0 Å². The van der Waals surface area contributed by atoms with Gasteiger partial charge in [0.05, 0.1) is 0 Å². The Labute approximate surface area is 120 Å². The second-order valence-corrected chi connectivity index (χ2v) is 4.17. The van der Waals surface area contributed by atoms with Crippen LogP contribution in [0, 0.1) is 30.2 Å². The highest BCUT2D eigenvalue weighted by Gasteiger charge is 2.29. The minimum absolute atomic E-state index is 0.351. The minimum atomic E-state index is -2.01. The van der Waals surface area contributed by atoms with Gasteiger partial charge in [-0.15, -0.1) is 0 Å². The molecule has 0 bridgehead atoms. The molecule has 0 N–H and O–H groups in total. The maximum absolute atomic E-state index is 13.6. The summed E-state index contributed by atoms with van der Waals surface area (Å²) in [6, 6.07) is 0. The van der Waals surface area contributed by atoms with Gasteiger partial charge < -0.3 is 18.9 Å². The molecule has 0 amide bonds. The molecule has 0 unspecified atom stereocenters. The van der Waals surface area contributed by atoms with Crippen molar-refractivity contribution in [3.63, 3.8) is 0 Å². The van der Waals surface area contributed by atoms with Crippen molar-refractivity contribution >= 4 is 12.3 Å². The van der Waals surface area contributed by atoms with Gasteiger partial charge in [0.2, 0.25) is 11.6 Å². The second kappa shape index (κ2) is 6.08. The van der Waals surface area contributed by atoms with Gasteiger partial charge in [-0.05, 0) is 6.92 Å². The molecule has 1 aliphatic heterocycles. The molecule has 1 aromatic carbocycles. The summed E-state index contributed by atoms with van der Waals surface area (Å²) in [7, 11) is 0. The first-order valence-corrected chi connectivity index (χ1v) is 5.81. The van der Waals surface area contributed by atoms with E-state index in [4.69, 9.17) is 0 Å². The average Bonchev–Trinajstić information content (AvgIpc) is 2.50. The van der Waals surface area contributed by atoms with E-state index in [1.54, 1.807) is 0 Å². The Bertz CT molecular complexity index is 594. The van der Waals surface area contributed by atoms with Crippen LogP contribution in [0.4, 0.5) is 27.2 Å². The fourth-order valence-electron chi connectivity index (χ4n) is 1.54. The van der Waals surface area contributed by atoms with Gasteiger partial charge in [-0.1, -0.05) is 0 Å². The van der Waals surface area contributed by atoms with Gasteiger partial charge in [0.15, 0.2) is 23.6 Å². The van der Waals surface area contributed by atoms with Crippen molar-refractivity contribution in [2.75, 3.05) is 13.2 Å². The Hall–Kier alpha value is -2.52. The van der Waals surface area contributed by atoms with Crippen molar-refractivity contribution in [2.45, 2.75) is 13.0 Å². The van der Waals surface area contributed by atoms with Gasteiger partial charge in [-0.25, -0.2) is 22.8 Å². The average molecular weight is 324 g/mol. The first-order valence-electron chi connectivity index (χ1n) is 5.81. The normalized spacial score (nSPS) is 15.0. The Morgan fingerprint density at radius 3 is 2.23 bits per heavy atom. The van der Waals surface area contributed by atoms with Crippen molar-refractivity contribution in [3.05, 3.63) is 28.8 Å². The smallest absolute Gasteiger partial charge is 0.430 e. The third kappa shape index (κ3) is 3.05. The van der Waals surface area contributed by atoms with E-state index >= 15 is 0 Å². The molecular formula is C12H8F4O6. The van der Waals surface area contributed by atoms with Gasteiger partial charge in [0.25, 0.3) is 0 Å². The lowest BCUT2D eigenvalue weighted by atomic mass is 10.2. The van der Waals surface area contributed by atoms with Crippen molar-refractivity contribution in [1.29, 1.82) is 0 Å². The summed E-state index contributed by atoms with van der Waals surface area (Å²) in [5, 5.41) is 0. The fraction of sp³-hybridized carbons (Fsp3) is 0.333. The van der Waals surface area contributed by atoms with Gasteiger partial charge in [-0.3, -0.25) is 0 Å². The standard InChI is InChI=1S/C12H8F4O6/c1-4-6(13)8(15)9(16)10(7(4)14)22-12(18)21-5-2-19-11(17)20-3-5/h5H,2-3H2,1H3. The number of hydrogen-bond donors (Lipinski definition) is 0. The number of carbonyl (C=O) groups is 2. The fourth-order valence-corrected chi connectivity index (χ4v) is 1.54. The molecule has 0 atom stereocenters. The number of halogens is 4. The first-order chi connectivity index (χ1) is 10.3. The molecule has 10 heteroatoms. The summed E-state index contributed by atoms with van der Waals surface area (Å²) in [6.45, 7) is 0.130. The first kappa shape index (κ1) is 15.9. The molecule has 22 heavy (non-hydrogen) atoms. The summed E-state index contributed by atoms with van der Waals surface area (Å²) in [5.74, 6) is -8.75. The highest BCUT2D eigenvalue weighted by atomic mass is 19.2. The van der Waals surface area contributed by atoms with E-state index in [0.717, 1.165) is 6.92 Å². The van der Waals surface area contributed by atoms with E-state index in [-0.39, 0.29) is 13.2 Å². The number of ether oxygens (including phenoxy) is 4. The lowest BCUT2D eigenvalue weighted by molar-refractivity contribution is -0.0662. The predicted molar refractivity (Wildman–Crippen MR) is 59.2 cm³/mol. The minimum Gasteiger partial charge on any atom is -0.430 e. The van der Waals surface area contributed by atoms with Crippen LogP contribution >= 0.6 is 0 Å². The van der Waals surface area contributed by atoms with Crippen molar-refractivity contribution < 1.29 is 46.1 Å². The summed E-state index contributed by atoms with van der Waals surface area (Å²) in [4.78, 5) is 22.0. The van der Waals surface area contributed by atoms with Crippen LogP contribution in [0.5, 0.6) is 5.75 Å². The lowest BCUT2D eigenvalue weighted by Gasteiger charge is -2.21. The molecule has 0 aliphatic carbocycles. The number of carbonyl (C=O) groups excluding carboxylic acids is 2. The third-order valence-corrected chi connectivity index (χ3v) is 2.67. The van der Waals surface area contributed by atoms with Crippen LogP contribution in [-0.2, 0) is 14.2 Å². The lowest BCUT2D eigenvalue weighted by Crippen LogP contribution is -2.36. The number of rotatable bonds is 2. The Kier molecular flexibility index (Phi) is 4.38. The maximum Gasteiger partial charge on any atom is 0.514 e.